The van der Waals surface area contributed by atoms with Gasteiger partial charge in [-0.05, 0) is 24.3 Å². The minimum atomic E-state index is -4.15. The highest BCUT2D eigenvalue weighted by molar-refractivity contribution is 7.91. The first-order valence-electron chi connectivity index (χ1n) is 4.77. The van der Waals surface area contributed by atoms with Crippen molar-refractivity contribution in [3.05, 3.63) is 60.2 Å². The molecule has 17 heavy (non-hydrogen) atoms. The van der Waals surface area contributed by atoms with Crippen molar-refractivity contribution in [3.8, 4) is 0 Å². The fourth-order valence-corrected chi connectivity index (χ4v) is 2.85. The van der Waals surface area contributed by atoms with Crippen molar-refractivity contribution in [1.29, 1.82) is 0 Å². The summed E-state index contributed by atoms with van der Waals surface area (Å²) in [5, 5.41) is 0. The van der Waals surface area contributed by atoms with Crippen molar-refractivity contribution < 1.29 is 17.2 Å². The third-order valence-electron chi connectivity index (χ3n) is 2.25. The first kappa shape index (κ1) is 11.7. The van der Waals surface area contributed by atoms with E-state index in [9.17, 15) is 17.2 Å². The first-order chi connectivity index (χ1) is 8.03. The van der Waals surface area contributed by atoms with Gasteiger partial charge in [-0.25, -0.2) is 17.2 Å². The number of halogens is 2. The van der Waals surface area contributed by atoms with Crippen molar-refractivity contribution in [3.63, 3.8) is 0 Å². The van der Waals surface area contributed by atoms with Gasteiger partial charge in [0.2, 0.25) is 9.84 Å². The maximum absolute atomic E-state index is 13.4. The van der Waals surface area contributed by atoms with E-state index in [-0.39, 0.29) is 0 Å². The van der Waals surface area contributed by atoms with E-state index in [1.54, 1.807) is 0 Å². The Hall–Kier alpha value is -1.75. The number of hydrogen-bond acceptors (Lipinski definition) is 2. The van der Waals surface area contributed by atoms with Crippen molar-refractivity contribution in [2.45, 2.75) is 9.79 Å². The molecule has 2 aromatic rings. The van der Waals surface area contributed by atoms with E-state index >= 15 is 0 Å². The zero-order valence-corrected chi connectivity index (χ0v) is 9.42. The van der Waals surface area contributed by atoms with Crippen LogP contribution in [0.5, 0.6) is 0 Å². The molecule has 0 N–H and O–H groups in total. The van der Waals surface area contributed by atoms with Gasteiger partial charge in [-0.15, -0.1) is 0 Å². The Balaban J connectivity index is 2.67. The molecule has 5 heteroatoms. The second kappa shape index (κ2) is 4.25. The Morgan fingerprint density at radius 3 is 1.41 bits per heavy atom. The largest absolute Gasteiger partial charge is 0.218 e. The van der Waals surface area contributed by atoms with Gasteiger partial charge < -0.3 is 0 Å². The van der Waals surface area contributed by atoms with Crippen LogP contribution in [0.2, 0.25) is 0 Å². The van der Waals surface area contributed by atoms with Crippen molar-refractivity contribution in [1.82, 2.24) is 0 Å². The Morgan fingerprint density at radius 2 is 1.06 bits per heavy atom. The van der Waals surface area contributed by atoms with Crippen LogP contribution in [0.1, 0.15) is 0 Å². The van der Waals surface area contributed by atoms with Crippen LogP contribution in [-0.2, 0) is 9.84 Å². The van der Waals surface area contributed by atoms with Gasteiger partial charge >= 0.3 is 0 Å². The summed E-state index contributed by atoms with van der Waals surface area (Å²) in [6.07, 6.45) is 0. The zero-order valence-electron chi connectivity index (χ0n) is 8.60. The predicted octanol–water partition coefficient (Wildman–Crippen LogP) is 2.80. The van der Waals surface area contributed by atoms with Crippen LogP contribution in [0.4, 0.5) is 8.78 Å². The molecular weight excluding hydrogens is 246 g/mol. The molecule has 2 aromatic carbocycles. The van der Waals surface area contributed by atoms with E-state index in [0.717, 1.165) is 24.3 Å². The van der Waals surface area contributed by atoms with E-state index in [2.05, 4.69) is 0 Å². The van der Waals surface area contributed by atoms with E-state index in [0.29, 0.717) is 0 Å². The topological polar surface area (TPSA) is 34.1 Å². The van der Waals surface area contributed by atoms with Gasteiger partial charge in [-0.3, -0.25) is 0 Å². The van der Waals surface area contributed by atoms with Crippen LogP contribution in [0.25, 0.3) is 0 Å². The number of benzene rings is 2. The van der Waals surface area contributed by atoms with Gasteiger partial charge in [-0.2, -0.15) is 0 Å². The van der Waals surface area contributed by atoms with Gasteiger partial charge in [0.25, 0.3) is 0 Å². The lowest BCUT2D eigenvalue weighted by Gasteiger charge is -2.06. The standard InChI is InChI=1S/C12H8F2O2S/c13-9-5-1-3-7-11(9)17(15,16)12-8-4-2-6-10(12)14/h1-8H. The molecule has 0 aliphatic heterocycles. The predicted molar refractivity (Wildman–Crippen MR) is 58.3 cm³/mol. The van der Waals surface area contributed by atoms with Gasteiger partial charge in [-0.1, -0.05) is 24.3 Å². The van der Waals surface area contributed by atoms with E-state index in [1.807, 2.05) is 0 Å². The van der Waals surface area contributed by atoms with Gasteiger partial charge in [0.15, 0.2) is 0 Å². The SMILES string of the molecule is O=S(=O)(c1ccccc1F)c1ccccc1F. The van der Waals surface area contributed by atoms with E-state index in [4.69, 9.17) is 0 Å². The molecule has 0 unspecified atom stereocenters. The van der Waals surface area contributed by atoms with Crippen molar-refractivity contribution >= 4 is 9.84 Å². The van der Waals surface area contributed by atoms with Crippen LogP contribution < -0.4 is 0 Å². The molecule has 0 bridgehead atoms. The second-order valence-corrected chi connectivity index (χ2v) is 5.25. The van der Waals surface area contributed by atoms with Gasteiger partial charge in [0, 0.05) is 0 Å². The normalized spacial score (nSPS) is 11.4. The molecule has 0 aromatic heterocycles. The minimum Gasteiger partial charge on any atom is -0.218 e. The second-order valence-electron chi connectivity index (χ2n) is 3.36. The summed E-state index contributed by atoms with van der Waals surface area (Å²) >= 11 is 0. The molecule has 88 valence electrons. The highest BCUT2D eigenvalue weighted by Gasteiger charge is 2.24. The average Bonchev–Trinajstić information content (AvgIpc) is 2.29. The molecule has 0 saturated heterocycles. The van der Waals surface area contributed by atoms with E-state index in [1.165, 1.54) is 24.3 Å². The van der Waals surface area contributed by atoms with Crippen LogP contribution >= 0.6 is 0 Å². The maximum Gasteiger partial charge on any atom is 0.212 e. The quantitative estimate of drug-likeness (QED) is 0.825. The van der Waals surface area contributed by atoms with E-state index < -0.39 is 31.3 Å². The summed E-state index contributed by atoms with van der Waals surface area (Å²) < 4.78 is 50.8. The summed E-state index contributed by atoms with van der Waals surface area (Å²) in [5.41, 5.74) is 0. The molecule has 0 saturated carbocycles. The Labute approximate surface area is 97.4 Å². The first-order valence-corrected chi connectivity index (χ1v) is 6.26. The number of sulfone groups is 1. The monoisotopic (exact) mass is 254 g/mol. The van der Waals surface area contributed by atoms with Crippen molar-refractivity contribution in [2.75, 3.05) is 0 Å². The third kappa shape index (κ3) is 2.06. The number of hydrogen-bond donors (Lipinski definition) is 0. The lowest BCUT2D eigenvalue weighted by atomic mass is 10.3. The van der Waals surface area contributed by atoms with Crippen LogP contribution in [0.15, 0.2) is 58.3 Å². The Bertz CT molecular complexity index is 600. The summed E-state index contributed by atoms with van der Waals surface area (Å²) in [5.74, 6) is -1.79. The lowest BCUT2D eigenvalue weighted by molar-refractivity contribution is 0.552. The Morgan fingerprint density at radius 1 is 0.706 bits per heavy atom. The number of rotatable bonds is 2. The maximum atomic E-state index is 13.4. The molecule has 0 fully saturated rings. The smallest absolute Gasteiger partial charge is 0.212 e. The molecule has 0 spiro atoms. The van der Waals surface area contributed by atoms with Crippen LogP contribution in [0, 0.1) is 11.6 Å². The summed E-state index contributed by atoms with van der Waals surface area (Å²) in [7, 11) is -4.15. The molecule has 0 aliphatic rings. The minimum absolute atomic E-state index is 0.523. The molecule has 2 nitrogen and oxygen atoms in total. The molecule has 2 rings (SSSR count). The highest BCUT2D eigenvalue weighted by Crippen LogP contribution is 2.24. The summed E-state index contributed by atoms with van der Waals surface area (Å²) in [6, 6.07) is 9.77. The molecule has 0 radical (unpaired) electrons. The van der Waals surface area contributed by atoms with Crippen LogP contribution in [-0.4, -0.2) is 8.42 Å². The molecule has 0 aliphatic carbocycles. The van der Waals surface area contributed by atoms with Gasteiger partial charge in [0.1, 0.15) is 21.4 Å². The summed E-state index contributed by atoms with van der Waals surface area (Å²) in [4.78, 5) is -1.05. The molecule has 0 amide bonds. The average molecular weight is 254 g/mol. The zero-order chi connectivity index (χ0) is 12.5. The molecular formula is C12H8F2O2S. The lowest BCUT2D eigenvalue weighted by Crippen LogP contribution is -2.06. The third-order valence-corrected chi connectivity index (χ3v) is 4.07. The fourth-order valence-electron chi connectivity index (χ4n) is 1.44. The van der Waals surface area contributed by atoms with Crippen molar-refractivity contribution in [2.24, 2.45) is 0 Å². The Kier molecular flexibility index (Phi) is 2.93. The summed E-state index contributed by atoms with van der Waals surface area (Å²) in [6.45, 7) is 0. The molecule has 0 atom stereocenters. The van der Waals surface area contributed by atoms with Crippen LogP contribution in [0.3, 0.4) is 0 Å². The fraction of sp³-hybridized carbons (Fsp3) is 0. The van der Waals surface area contributed by atoms with Gasteiger partial charge in [0.05, 0.1) is 0 Å². The highest BCUT2D eigenvalue weighted by atomic mass is 32.2. The molecule has 0 heterocycles.